The van der Waals surface area contributed by atoms with Crippen LogP contribution in [0.3, 0.4) is 0 Å². The number of anilines is 1. The molecular formula is C27H25ClN2O3. The normalized spacial score (nSPS) is 11.0. The van der Waals surface area contributed by atoms with Gasteiger partial charge in [-0.05, 0) is 61.7 Å². The Kier molecular flexibility index (Phi) is 7.76. The number of methoxy groups -OCH3 is 1. The third kappa shape index (κ3) is 6.15. The van der Waals surface area contributed by atoms with Gasteiger partial charge in [0.1, 0.15) is 18.2 Å². The molecule has 0 aliphatic carbocycles. The van der Waals surface area contributed by atoms with Gasteiger partial charge in [-0.2, -0.15) is 5.26 Å². The molecule has 3 aromatic rings. The number of nitrogens with one attached hydrogen (secondary N) is 1. The van der Waals surface area contributed by atoms with Crippen molar-refractivity contribution in [3.8, 4) is 17.6 Å². The molecule has 168 valence electrons. The highest BCUT2D eigenvalue weighted by atomic mass is 35.5. The van der Waals surface area contributed by atoms with E-state index in [1.54, 1.807) is 18.2 Å². The lowest BCUT2D eigenvalue weighted by molar-refractivity contribution is -0.112. The number of benzene rings is 3. The lowest BCUT2D eigenvalue weighted by Gasteiger charge is -2.14. The van der Waals surface area contributed by atoms with Crippen LogP contribution in [0.2, 0.25) is 5.02 Å². The fourth-order valence-electron chi connectivity index (χ4n) is 3.49. The number of halogens is 1. The molecule has 0 aromatic heterocycles. The summed E-state index contributed by atoms with van der Waals surface area (Å²) in [5.74, 6) is 0.310. The molecule has 5 nitrogen and oxygen atoms in total. The number of carbonyl (C=O) groups is 1. The van der Waals surface area contributed by atoms with Gasteiger partial charge < -0.3 is 14.8 Å². The summed E-state index contributed by atoms with van der Waals surface area (Å²) in [5.41, 5.74) is 5.37. The van der Waals surface area contributed by atoms with Crippen LogP contribution in [-0.2, 0) is 11.4 Å². The van der Waals surface area contributed by atoms with Crippen molar-refractivity contribution in [1.29, 1.82) is 5.26 Å². The molecule has 0 atom stereocenters. The molecule has 3 rings (SSSR count). The molecule has 3 aromatic carbocycles. The highest BCUT2D eigenvalue weighted by molar-refractivity contribution is 6.32. The van der Waals surface area contributed by atoms with Gasteiger partial charge in [-0.3, -0.25) is 4.79 Å². The van der Waals surface area contributed by atoms with Crippen LogP contribution >= 0.6 is 11.6 Å². The zero-order valence-corrected chi connectivity index (χ0v) is 19.8. The van der Waals surface area contributed by atoms with Crippen molar-refractivity contribution >= 4 is 29.3 Å². The van der Waals surface area contributed by atoms with Crippen LogP contribution in [0.5, 0.6) is 11.5 Å². The van der Waals surface area contributed by atoms with Crippen LogP contribution in [0, 0.1) is 32.1 Å². The minimum atomic E-state index is -0.503. The summed E-state index contributed by atoms with van der Waals surface area (Å²) in [7, 11) is 1.51. The molecule has 1 N–H and O–H groups in total. The zero-order chi connectivity index (χ0) is 24.0. The summed E-state index contributed by atoms with van der Waals surface area (Å²) in [6.45, 7) is 6.28. The predicted octanol–water partition coefficient (Wildman–Crippen LogP) is 6.40. The number of ether oxygens (including phenoxy) is 2. The van der Waals surface area contributed by atoms with Crippen LogP contribution in [-0.4, -0.2) is 13.0 Å². The quantitative estimate of drug-likeness (QED) is 0.327. The van der Waals surface area contributed by atoms with Gasteiger partial charge in [0.25, 0.3) is 5.91 Å². The molecule has 0 saturated heterocycles. The second-order valence-electron chi connectivity index (χ2n) is 7.76. The number of amides is 1. The summed E-state index contributed by atoms with van der Waals surface area (Å²) >= 11 is 6.48. The Balaban J connectivity index is 1.84. The standard InChI is InChI=1S/C27H25ClN2O3/c1-17-9-18(2)11-21(10-17)16-33-26-23(28)13-20(14-25(26)32-4)12-22(15-29)27(31)30-24-8-6-5-7-19(24)3/h5-14H,16H2,1-4H3,(H,30,31)/b22-12+. The number of para-hydroxylation sites is 1. The molecule has 0 saturated carbocycles. The molecule has 0 radical (unpaired) electrons. The average Bonchev–Trinajstić information content (AvgIpc) is 2.77. The maximum atomic E-state index is 12.6. The van der Waals surface area contributed by atoms with Crippen molar-refractivity contribution < 1.29 is 14.3 Å². The summed E-state index contributed by atoms with van der Waals surface area (Å²) in [6, 6.07) is 18.8. The number of hydrogen-bond acceptors (Lipinski definition) is 4. The lowest BCUT2D eigenvalue weighted by atomic mass is 10.1. The smallest absolute Gasteiger partial charge is 0.266 e. The number of rotatable bonds is 7. The lowest BCUT2D eigenvalue weighted by Crippen LogP contribution is -2.14. The van der Waals surface area contributed by atoms with Crippen molar-refractivity contribution in [2.75, 3.05) is 12.4 Å². The Labute approximate surface area is 199 Å². The van der Waals surface area contributed by atoms with Gasteiger partial charge in [0.05, 0.1) is 12.1 Å². The van der Waals surface area contributed by atoms with Crippen LogP contribution < -0.4 is 14.8 Å². The predicted molar refractivity (Wildman–Crippen MR) is 132 cm³/mol. The van der Waals surface area contributed by atoms with Crippen LogP contribution in [0.15, 0.2) is 60.2 Å². The third-order valence-electron chi connectivity index (χ3n) is 4.99. The Morgan fingerprint density at radius 1 is 1.09 bits per heavy atom. The minimum Gasteiger partial charge on any atom is -0.493 e. The highest BCUT2D eigenvalue weighted by Crippen LogP contribution is 2.37. The van der Waals surface area contributed by atoms with E-state index in [1.165, 1.54) is 13.2 Å². The topological polar surface area (TPSA) is 71.3 Å². The van der Waals surface area contributed by atoms with Crippen molar-refractivity contribution in [3.05, 3.63) is 93.0 Å². The number of nitriles is 1. The van der Waals surface area contributed by atoms with E-state index in [0.717, 1.165) is 22.3 Å². The maximum absolute atomic E-state index is 12.6. The van der Waals surface area contributed by atoms with E-state index in [1.807, 2.05) is 45.0 Å². The molecule has 0 spiro atoms. The molecule has 0 heterocycles. The van der Waals surface area contributed by atoms with Gasteiger partial charge in [-0.1, -0.05) is 59.1 Å². The Hall–Kier alpha value is -3.75. The second-order valence-corrected chi connectivity index (χ2v) is 8.16. The molecular weight excluding hydrogens is 436 g/mol. The van der Waals surface area contributed by atoms with Gasteiger partial charge >= 0.3 is 0 Å². The van der Waals surface area contributed by atoms with Gasteiger partial charge in [0.15, 0.2) is 11.5 Å². The molecule has 0 aliphatic heterocycles. The van der Waals surface area contributed by atoms with Crippen molar-refractivity contribution in [2.24, 2.45) is 0 Å². The first-order valence-corrected chi connectivity index (χ1v) is 10.7. The fraction of sp³-hybridized carbons (Fsp3) is 0.185. The summed E-state index contributed by atoms with van der Waals surface area (Å²) in [4.78, 5) is 12.6. The van der Waals surface area contributed by atoms with E-state index < -0.39 is 5.91 Å². The Bertz CT molecular complexity index is 1240. The number of carbonyl (C=O) groups excluding carboxylic acids is 1. The van der Waals surface area contributed by atoms with Gasteiger partial charge in [0, 0.05) is 5.69 Å². The minimum absolute atomic E-state index is 0.0553. The van der Waals surface area contributed by atoms with E-state index in [2.05, 4.69) is 23.5 Å². The number of nitrogens with zero attached hydrogens (tertiary/aromatic N) is 1. The van der Waals surface area contributed by atoms with Crippen molar-refractivity contribution in [3.63, 3.8) is 0 Å². The molecule has 0 bridgehead atoms. The summed E-state index contributed by atoms with van der Waals surface area (Å²) < 4.78 is 11.4. The van der Waals surface area contributed by atoms with E-state index in [0.29, 0.717) is 34.4 Å². The molecule has 0 unspecified atom stereocenters. The van der Waals surface area contributed by atoms with Gasteiger partial charge in [0.2, 0.25) is 0 Å². The van der Waals surface area contributed by atoms with Crippen molar-refractivity contribution in [1.82, 2.24) is 0 Å². The molecule has 6 heteroatoms. The zero-order valence-electron chi connectivity index (χ0n) is 19.0. The largest absolute Gasteiger partial charge is 0.493 e. The van der Waals surface area contributed by atoms with E-state index in [4.69, 9.17) is 21.1 Å². The van der Waals surface area contributed by atoms with E-state index in [9.17, 15) is 10.1 Å². The average molecular weight is 461 g/mol. The molecule has 0 fully saturated rings. The number of aryl methyl sites for hydroxylation is 3. The molecule has 1 amide bonds. The van der Waals surface area contributed by atoms with E-state index >= 15 is 0 Å². The third-order valence-corrected chi connectivity index (χ3v) is 5.27. The van der Waals surface area contributed by atoms with Gasteiger partial charge in [-0.25, -0.2) is 0 Å². The fourth-order valence-corrected chi connectivity index (χ4v) is 3.76. The summed E-state index contributed by atoms with van der Waals surface area (Å²) in [5, 5.41) is 12.6. The van der Waals surface area contributed by atoms with Gasteiger partial charge in [-0.15, -0.1) is 0 Å². The number of hydrogen-bond donors (Lipinski definition) is 1. The summed E-state index contributed by atoms with van der Waals surface area (Å²) in [6.07, 6.45) is 1.47. The maximum Gasteiger partial charge on any atom is 0.266 e. The Morgan fingerprint density at radius 2 is 1.79 bits per heavy atom. The Morgan fingerprint density at radius 3 is 2.42 bits per heavy atom. The van der Waals surface area contributed by atoms with Crippen LogP contribution in [0.25, 0.3) is 6.08 Å². The first kappa shape index (κ1) is 23.9. The van der Waals surface area contributed by atoms with E-state index in [-0.39, 0.29) is 5.57 Å². The van der Waals surface area contributed by atoms with Crippen LogP contribution in [0.1, 0.15) is 27.8 Å². The first-order chi connectivity index (χ1) is 15.8. The first-order valence-electron chi connectivity index (χ1n) is 10.4. The highest BCUT2D eigenvalue weighted by Gasteiger charge is 2.15. The SMILES string of the molecule is COc1cc(/C=C(\C#N)C(=O)Nc2ccccc2C)cc(Cl)c1OCc1cc(C)cc(C)c1. The van der Waals surface area contributed by atoms with Crippen molar-refractivity contribution in [2.45, 2.75) is 27.4 Å². The van der Waals surface area contributed by atoms with Crippen LogP contribution in [0.4, 0.5) is 5.69 Å². The molecule has 0 aliphatic rings. The second kappa shape index (κ2) is 10.7. The monoisotopic (exact) mass is 460 g/mol. The molecule has 33 heavy (non-hydrogen) atoms.